The SMILES string of the molecule is Cn1cc(CC2(N)CCCC2(C)C)cn1. The molecular weight excluding hydrogens is 186 g/mol. The Kier molecular flexibility index (Phi) is 2.38. The maximum atomic E-state index is 6.54. The lowest BCUT2D eigenvalue weighted by molar-refractivity contribution is 0.207. The van der Waals surface area contributed by atoms with E-state index in [-0.39, 0.29) is 11.0 Å². The quantitative estimate of drug-likeness (QED) is 0.804. The molecule has 0 spiro atoms. The summed E-state index contributed by atoms with van der Waals surface area (Å²) in [5.74, 6) is 0. The number of hydrogen-bond donors (Lipinski definition) is 1. The van der Waals surface area contributed by atoms with Crippen molar-refractivity contribution in [2.75, 3.05) is 0 Å². The van der Waals surface area contributed by atoms with Gasteiger partial charge in [0.05, 0.1) is 6.20 Å². The Morgan fingerprint density at radius 2 is 2.20 bits per heavy atom. The van der Waals surface area contributed by atoms with Crippen LogP contribution >= 0.6 is 0 Å². The highest BCUT2D eigenvalue weighted by Crippen LogP contribution is 2.45. The summed E-state index contributed by atoms with van der Waals surface area (Å²) in [5, 5.41) is 4.20. The van der Waals surface area contributed by atoms with E-state index in [2.05, 4.69) is 25.1 Å². The van der Waals surface area contributed by atoms with Gasteiger partial charge in [-0.2, -0.15) is 5.10 Å². The van der Waals surface area contributed by atoms with Crippen LogP contribution in [0.4, 0.5) is 0 Å². The predicted octanol–water partition coefficient (Wildman–Crippen LogP) is 1.87. The van der Waals surface area contributed by atoms with E-state index in [1.54, 1.807) is 0 Å². The minimum atomic E-state index is -0.0456. The maximum Gasteiger partial charge on any atom is 0.0522 e. The van der Waals surface area contributed by atoms with Crippen LogP contribution in [0.1, 0.15) is 38.7 Å². The Labute approximate surface area is 91.7 Å². The molecule has 3 heteroatoms. The van der Waals surface area contributed by atoms with E-state index in [1.165, 1.54) is 18.4 Å². The Hall–Kier alpha value is -0.830. The fourth-order valence-electron chi connectivity index (χ4n) is 2.69. The number of nitrogens with two attached hydrogens (primary N) is 1. The van der Waals surface area contributed by atoms with E-state index in [1.807, 2.05) is 17.9 Å². The van der Waals surface area contributed by atoms with Gasteiger partial charge >= 0.3 is 0 Å². The molecule has 3 nitrogen and oxygen atoms in total. The zero-order chi connectivity index (χ0) is 11.1. The summed E-state index contributed by atoms with van der Waals surface area (Å²) in [6, 6.07) is 0. The third kappa shape index (κ3) is 1.81. The highest BCUT2D eigenvalue weighted by Gasteiger charge is 2.45. The van der Waals surface area contributed by atoms with Gasteiger partial charge in [-0.05, 0) is 30.2 Å². The van der Waals surface area contributed by atoms with E-state index in [0.717, 1.165) is 12.8 Å². The van der Waals surface area contributed by atoms with Crippen LogP contribution in [0.5, 0.6) is 0 Å². The lowest BCUT2D eigenvalue weighted by Crippen LogP contribution is -2.50. The maximum absolute atomic E-state index is 6.54. The van der Waals surface area contributed by atoms with Crippen molar-refractivity contribution in [1.29, 1.82) is 0 Å². The molecule has 1 aromatic heterocycles. The molecule has 0 saturated heterocycles. The second-order valence-electron chi connectivity index (χ2n) is 5.59. The molecule has 1 saturated carbocycles. The fourth-order valence-corrected chi connectivity index (χ4v) is 2.69. The Morgan fingerprint density at radius 1 is 1.47 bits per heavy atom. The summed E-state index contributed by atoms with van der Waals surface area (Å²) < 4.78 is 1.85. The van der Waals surface area contributed by atoms with Crippen molar-refractivity contribution >= 4 is 0 Å². The molecule has 1 heterocycles. The Bertz CT molecular complexity index is 354. The average Bonchev–Trinajstić information content (AvgIpc) is 2.59. The van der Waals surface area contributed by atoms with Gasteiger partial charge in [0.1, 0.15) is 0 Å². The van der Waals surface area contributed by atoms with E-state index in [0.29, 0.717) is 0 Å². The van der Waals surface area contributed by atoms with Crippen molar-refractivity contribution in [1.82, 2.24) is 9.78 Å². The van der Waals surface area contributed by atoms with Crippen LogP contribution in [0.25, 0.3) is 0 Å². The van der Waals surface area contributed by atoms with Gasteiger partial charge in [0.2, 0.25) is 0 Å². The molecule has 1 unspecified atom stereocenters. The molecule has 15 heavy (non-hydrogen) atoms. The standard InChI is InChI=1S/C12H21N3/c1-11(2)5-4-6-12(11,13)7-10-8-14-15(3)9-10/h8-9H,4-7,13H2,1-3H3. The Morgan fingerprint density at radius 3 is 2.67 bits per heavy atom. The summed E-state index contributed by atoms with van der Waals surface area (Å²) in [6.07, 6.45) is 8.59. The molecule has 84 valence electrons. The van der Waals surface area contributed by atoms with Gasteiger partial charge in [0, 0.05) is 18.8 Å². The molecular formula is C12H21N3. The van der Waals surface area contributed by atoms with Gasteiger partial charge in [-0.3, -0.25) is 4.68 Å². The van der Waals surface area contributed by atoms with Crippen LogP contribution in [-0.4, -0.2) is 15.3 Å². The van der Waals surface area contributed by atoms with Crippen molar-refractivity contribution in [3.63, 3.8) is 0 Å². The first-order valence-corrected chi connectivity index (χ1v) is 5.69. The zero-order valence-corrected chi connectivity index (χ0v) is 9.95. The molecule has 2 N–H and O–H groups in total. The normalized spacial score (nSPS) is 29.6. The molecule has 1 aliphatic carbocycles. The number of hydrogen-bond acceptors (Lipinski definition) is 2. The molecule has 0 radical (unpaired) electrons. The third-order valence-electron chi connectivity index (χ3n) is 4.05. The summed E-state index contributed by atoms with van der Waals surface area (Å²) in [7, 11) is 1.95. The first-order valence-electron chi connectivity index (χ1n) is 5.69. The molecule has 1 fully saturated rings. The van der Waals surface area contributed by atoms with Gasteiger partial charge in [-0.15, -0.1) is 0 Å². The monoisotopic (exact) mass is 207 g/mol. The summed E-state index contributed by atoms with van der Waals surface area (Å²) in [6.45, 7) is 4.58. The van der Waals surface area contributed by atoms with Gasteiger partial charge in [-0.1, -0.05) is 20.3 Å². The number of aromatic nitrogens is 2. The van der Waals surface area contributed by atoms with Crippen LogP contribution < -0.4 is 5.73 Å². The second kappa shape index (κ2) is 3.34. The first kappa shape index (κ1) is 10.7. The van der Waals surface area contributed by atoms with Crippen molar-refractivity contribution in [2.24, 2.45) is 18.2 Å². The van der Waals surface area contributed by atoms with Crippen LogP contribution in [-0.2, 0) is 13.5 Å². The van der Waals surface area contributed by atoms with Crippen molar-refractivity contribution in [2.45, 2.75) is 45.1 Å². The molecule has 0 aliphatic heterocycles. The fraction of sp³-hybridized carbons (Fsp3) is 0.750. The van der Waals surface area contributed by atoms with Crippen molar-refractivity contribution in [3.05, 3.63) is 18.0 Å². The lowest BCUT2D eigenvalue weighted by Gasteiger charge is -2.38. The largest absolute Gasteiger partial charge is 0.324 e. The predicted molar refractivity (Wildman–Crippen MR) is 61.5 cm³/mol. The molecule has 2 rings (SSSR count). The van der Waals surface area contributed by atoms with Crippen molar-refractivity contribution < 1.29 is 0 Å². The van der Waals surface area contributed by atoms with E-state index >= 15 is 0 Å². The lowest BCUT2D eigenvalue weighted by atomic mass is 9.72. The van der Waals surface area contributed by atoms with Crippen LogP contribution in [0.2, 0.25) is 0 Å². The molecule has 1 aromatic rings. The molecule has 0 aromatic carbocycles. The van der Waals surface area contributed by atoms with Crippen LogP contribution in [0, 0.1) is 5.41 Å². The summed E-state index contributed by atoms with van der Waals surface area (Å²) in [5.41, 5.74) is 8.01. The average molecular weight is 207 g/mol. The topological polar surface area (TPSA) is 43.8 Å². The van der Waals surface area contributed by atoms with Gasteiger partial charge in [0.25, 0.3) is 0 Å². The summed E-state index contributed by atoms with van der Waals surface area (Å²) in [4.78, 5) is 0. The number of nitrogens with zero attached hydrogens (tertiary/aromatic N) is 2. The number of rotatable bonds is 2. The molecule has 0 amide bonds. The van der Waals surface area contributed by atoms with Crippen LogP contribution in [0.3, 0.4) is 0 Å². The van der Waals surface area contributed by atoms with Crippen LogP contribution in [0.15, 0.2) is 12.4 Å². The minimum absolute atomic E-state index is 0.0456. The minimum Gasteiger partial charge on any atom is -0.324 e. The van der Waals surface area contributed by atoms with Crippen molar-refractivity contribution in [3.8, 4) is 0 Å². The molecule has 0 bridgehead atoms. The molecule has 1 aliphatic rings. The highest BCUT2D eigenvalue weighted by molar-refractivity contribution is 5.14. The third-order valence-corrected chi connectivity index (χ3v) is 4.05. The van der Waals surface area contributed by atoms with E-state index in [4.69, 9.17) is 5.73 Å². The van der Waals surface area contributed by atoms with Gasteiger partial charge in [0.15, 0.2) is 0 Å². The van der Waals surface area contributed by atoms with Gasteiger partial charge in [-0.25, -0.2) is 0 Å². The Balaban J connectivity index is 2.17. The van der Waals surface area contributed by atoms with E-state index < -0.39 is 0 Å². The second-order valence-corrected chi connectivity index (χ2v) is 5.59. The summed E-state index contributed by atoms with van der Waals surface area (Å²) >= 11 is 0. The zero-order valence-electron chi connectivity index (χ0n) is 9.95. The van der Waals surface area contributed by atoms with E-state index in [9.17, 15) is 0 Å². The van der Waals surface area contributed by atoms with Gasteiger partial charge < -0.3 is 5.73 Å². The molecule has 1 atom stereocenters. The highest BCUT2D eigenvalue weighted by atomic mass is 15.2. The number of aryl methyl sites for hydroxylation is 1. The smallest absolute Gasteiger partial charge is 0.0522 e. The first-order chi connectivity index (χ1) is 6.93.